The van der Waals surface area contributed by atoms with E-state index in [9.17, 15) is 4.79 Å². The van der Waals surface area contributed by atoms with Gasteiger partial charge in [0.2, 0.25) is 5.95 Å². The van der Waals surface area contributed by atoms with Crippen LogP contribution in [0.3, 0.4) is 0 Å². The van der Waals surface area contributed by atoms with Gasteiger partial charge in [0.05, 0.1) is 6.54 Å². The number of hydrogen-bond acceptors (Lipinski definition) is 3. The molecule has 0 radical (unpaired) electrons. The summed E-state index contributed by atoms with van der Waals surface area (Å²) in [5.41, 5.74) is 1.71. The third-order valence-electron chi connectivity index (χ3n) is 4.96. The summed E-state index contributed by atoms with van der Waals surface area (Å²) in [6.07, 6.45) is 7.21. The third-order valence-corrected chi connectivity index (χ3v) is 5.21. The second-order valence-corrected chi connectivity index (χ2v) is 7.42. The van der Waals surface area contributed by atoms with E-state index in [0.29, 0.717) is 35.1 Å². The minimum absolute atomic E-state index is 0.0474. The minimum atomic E-state index is -0.157. The Hall–Kier alpha value is -2.60. The lowest BCUT2D eigenvalue weighted by atomic mass is 9.91. The van der Waals surface area contributed by atoms with Crippen LogP contribution in [0.5, 0.6) is 0 Å². The summed E-state index contributed by atoms with van der Waals surface area (Å²) in [6, 6.07) is 9.21. The number of rotatable bonds is 3. The van der Waals surface area contributed by atoms with Crippen LogP contribution < -0.4 is 16.2 Å². The van der Waals surface area contributed by atoms with E-state index in [1.54, 1.807) is 10.6 Å². The van der Waals surface area contributed by atoms with Crippen LogP contribution in [-0.2, 0) is 6.54 Å². The molecule has 2 aromatic rings. The van der Waals surface area contributed by atoms with E-state index in [2.05, 4.69) is 32.8 Å². The Morgan fingerprint density at radius 2 is 2.11 bits per heavy atom. The molecule has 0 amide bonds. The average Bonchev–Trinajstić information content (AvgIpc) is 2.67. The monoisotopic (exact) mass is 383 g/mol. The van der Waals surface area contributed by atoms with Crippen molar-refractivity contribution in [2.45, 2.75) is 38.9 Å². The summed E-state index contributed by atoms with van der Waals surface area (Å²) in [5, 5.41) is 7.31. The van der Waals surface area contributed by atoms with Gasteiger partial charge in [-0.15, -0.1) is 0 Å². The van der Waals surface area contributed by atoms with Crippen molar-refractivity contribution in [2.75, 3.05) is 5.32 Å². The first kappa shape index (κ1) is 17.8. The van der Waals surface area contributed by atoms with Gasteiger partial charge in [0.25, 0.3) is 5.56 Å². The molecule has 0 bridgehead atoms. The number of hydrogen-bond donors (Lipinski definition) is 2. The fourth-order valence-electron chi connectivity index (χ4n) is 3.59. The quantitative estimate of drug-likeness (QED) is 0.794. The molecule has 1 aliphatic heterocycles. The van der Waals surface area contributed by atoms with E-state index >= 15 is 0 Å². The van der Waals surface area contributed by atoms with Gasteiger partial charge in [-0.3, -0.25) is 14.7 Å². The van der Waals surface area contributed by atoms with Crippen LogP contribution in [0.1, 0.15) is 36.7 Å². The number of nitrogens with one attached hydrogen (secondary N) is 2. The van der Waals surface area contributed by atoms with Crippen molar-refractivity contribution in [3.8, 4) is 0 Å². The van der Waals surface area contributed by atoms with E-state index in [0.717, 1.165) is 24.8 Å². The Morgan fingerprint density at radius 3 is 2.85 bits per heavy atom. The first-order valence-electron chi connectivity index (χ1n) is 9.18. The topological polar surface area (TPSA) is 71.3 Å². The zero-order valence-corrected chi connectivity index (χ0v) is 15.9. The van der Waals surface area contributed by atoms with E-state index in [4.69, 9.17) is 11.6 Å². The van der Waals surface area contributed by atoms with Gasteiger partial charge in [-0.05, 0) is 43.9 Å². The Balaban J connectivity index is 1.65. The molecule has 7 heteroatoms. The standard InChI is InChI=1S/C20H22ClN5O/c1-13-11-17(27)26-18(15-5-3-2-4-6-15)24-19(25-20(26)23-13)22-12-14-7-9-16(21)10-8-14/h2-3,7-11,15,18H,4-6,12H2,1H3,(H2,22,23,24,25)/t15-,18+/m1/s1. The average molecular weight is 384 g/mol. The van der Waals surface area contributed by atoms with Crippen molar-refractivity contribution in [2.24, 2.45) is 10.9 Å². The molecule has 1 aromatic carbocycles. The van der Waals surface area contributed by atoms with E-state index in [1.807, 2.05) is 31.2 Å². The van der Waals surface area contributed by atoms with Crippen LogP contribution in [0.4, 0.5) is 5.95 Å². The second-order valence-electron chi connectivity index (χ2n) is 6.98. The molecule has 2 N–H and O–H groups in total. The summed E-state index contributed by atoms with van der Waals surface area (Å²) in [6.45, 7) is 2.34. The van der Waals surface area contributed by atoms with Crippen LogP contribution in [-0.4, -0.2) is 15.5 Å². The van der Waals surface area contributed by atoms with Crippen LogP contribution >= 0.6 is 11.6 Å². The van der Waals surface area contributed by atoms with Crippen LogP contribution in [0.25, 0.3) is 0 Å². The number of aryl methyl sites for hydroxylation is 1. The Labute approximate surface area is 163 Å². The molecule has 0 spiro atoms. The Bertz CT molecular complexity index is 948. The van der Waals surface area contributed by atoms with E-state index in [1.165, 1.54) is 0 Å². The number of nitrogens with zero attached hydrogens (tertiary/aromatic N) is 3. The summed E-state index contributed by atoms with van der Waals surface area (Å²) in [5.74, 6) is 1.51. The molecule has 0 fully saturated rings. The smallest absolute Gasteiger partial charge is 0.256 e. The molecule has 0 unspecified atom stereocenters. The number of benzene rings is 1. The highest BCUT2D eigenvalue weighted by molar-refractivity contribution is 6.30. The summed E-state index contributed by atoms with van der Waals surface area (Å²) < 4.78 is 1.72. The maximum absolute atomic E-state index is 12.6. The fourth-order valence-corrected chi connectivity index (χ4v) is 3.71. The maximum atomic E-state index is 12.6. The predicted octanol–water partition coefficient (Wildman–Crippen LogP) is 3.63. The zero-order chi connectivity index (χ0) is 18.8. The molecular formula is C20H22ClN5O. The number of allylic oxidation sites excluding steroid dienone is 2. The van der Waals surface area contributed by atoms with Crippen LogP contribution in [0.15, 0.2) is 52.3 Å². The lowest BCUT2D eigenvalue weighted by Crippen LogP contribution is -2.50. The van der Waals surface area contributed by atoms with Gasteiger partial charge in [0, 0.05) is 22.7 Å². The van der Waals surface area contributed by atoms with Crippen molar-refractivity contribution >= 4 is 23.5 Å². The predicted molar refractivity (Wildman–Crippen MR) is 108 cm³/mol. The highest BCUT2D eigenvalue weighted by atomic mass is 35.5. The number of aromatic nitrogens is 2. The van der Waals surface area contributed by atoms with Crippen LogP contribution in [0, 0.1) is 12.8 Å². The first-order valence-corrected chi connectivity index (χ1v) is 9.55. The van der Waals surface area contributed by atoms with Gasteiger partial charge in [-0.2, -0.15) is 0 Å². The molecule has 6 nitrogen and oxygen atoms in total. The minimum Gasteiger partial charge on any atom is -0.335 e. The maximum Gasteiger partial charge on any atom is 0.256 e. The lowest BCUT2D eigenvalue weighted by Gasteiger charge is -2.36. The molecule has 0 saturated heterocycles. The van der Waals surface area contributed by atoms with Crippen molar-refractivity contribution in [1.82, 2.24) is 14.9 Å². The normalized spacial score (nSPS) is 22.8. The fraction of sp³-hybridized carbons (Fsp3) is 0.350. The molecule has 1 aliphatic carbocycles. The Kier molecular flexibility index (Phi) is 4.99. The Morgan fingerprint density at radius 1 is 1.30 bits per heavy atom. The van der Waals surface area contributed by atoms with Gasteiger partial charge >= 0.3 is 0 Å². The van der Waals surface area contributed by atoms with E-state index in [-0.39, 0.29) is 11.7 Å². The second kappa shape index (κ2) is 7.56. The number of aliphatic imine (C=N–C) groups is 1. The van der Waals surface area contributed by atoms with Crippen LogP contribution in [0.2, 0.25) is 5.02 Å². The zero-order valence-electron chi connectivity index (χ0n) is 15.2. The van der Waals surface area contributed by atoms with Gasteiger partial charge in [0.15, 0.2) is 5.96 Å². The first-order chi connectivity index (χ1) is 13.1. The molecule has 140 valence electrons. The number of halogens is 1. The van der Waals surface area contributed by atoms with Crippen molar-refractivity contribution < 1.29 is 0 Å². The van der Waals surface area contributed by atoms with Gasteiger partial charge in [0.1, 0.15) is 6.17 Å². The summed E-state index contributed by atoms with van der Waals surface area (Å²) in [7, 11) is 0. The van der Waals surface area contributed by atoms with Crippen molar-refractivity contribution in [3.05, 3.63) is 69.1 Å². The molecule has 4 rings (SSSR count). The van der Waals surface area contributed by atoms with Crippen molar-refractivity contribution in [3.63, 3.8) is 0 Å². The molecule has 1 aromatic heterocycles. The van der Waals surface area contributed by atoms with Gasteiger partial charge in [-0.25, -0.2) is 9.98 Å². The summed E-state index contributed by atoms with van der Waals surface area (Å²) >= 11 is 5.94. The molecule has 2 aliphatic rings. The van der Waals surface area contributed by atoms with Gasteiger partial charge in [-0.1, -0.05) is 35.9 Å². The lowest BCUT2D eigenvalue weighted by molar-refractivity contribution is 0.276. The number of anilines is 1. The number of guanidine groups is 1. The SMILES string of the molecule is Cc1cc(=O)n2c(n1)NC(=NCc1ccc(Cl)cc1)N[C@@H]2[C@@H]1CC=CCC1. The molecule has 0 saturated carbocycles. The highest BCUT2D eigenvalue weighted by Crippen LogP contribution is 2.30. The number of fused-ring (bicyclic) bond motifs is 1. The molecule has 27 heavy (non-hydrogen) atoms. The van der Waals surface area contributed by atoms with Gasteiger partial charge < -0.3 is 5.32 Å². The van der Waals surface area contributed by atoms with E-state index < -0.39 is 0 Å². The highest BCUT2D eigenvalue weighted by Gasteiger charge is 2.31. The third kappa shape index (κ3) is 3.90. The largest absolute Gasteiger partial charge is 0.335 e. The molecule has 2 heterocycles. The molecule has 2 atom stereocenters. The molecular weight excluding hydrogens is 362 g/mol. The van der Waals surface area contributed by atoms with Crippen molar-refractivity contribution in [1.29, 1.82) is 0 Å². The summed E-state index contributed by atoms with van der Waals surface area (Å²) in [4.78, 5) is 21.8.